The van der Waals surface area contributed by atoms with Crippen LogP contribution in [0.2, 0.25) is 0 Å². The Kier molecular flexibility index (Phi) is 5.18. The first-order valence-electron chi connectivity index (χ1n) is 10.5. The van der Waals surface area contributed by atoms with Crippen LogP contribution in [0.15, 0.2) is 60.8 Å². The Hall–Kier alpha value is -3.94. The average Bonchev–Trinajstić information content (AvgIpc) is 2.81. The van der Waals surface area contributed by atoms with Crippen LogP contribution in [0.4, 0.5) is 21.7 Å². The smallest absolute Gasteiger partial charge is 0.159 e. The van der Waals surface area contributed by atoms with Crippen molar-refractivity contribution in [3.05, 3.63) is 77.9 Å². The van der Waals surface area contributed by atoms with E-state index in [1.54, 1.807) is 30.5 Å². The van der Waals surface area contributed by atoms with E-state index in [2.05, 4.69) is 25.0 Å². The molecule has 0 bridgehead atoms. The van der Waals surface area contributed by atoms with Gasteiger partial charge < -0.3 is 20.6 Å². The maximum atomic E-state index is 13.3. The first kappa shape index (κ1) is 20.0. The molecule has 8 heteroatoms. The predicted molar refractivity (Wildman–Crippen MR) is 123 cm³/mol. The molecule has 4 aromatic rings. The lowest BCUT2D eigenvalue weighted by Gasteiger charge is -2.36. The van der Waals surface area contributed by atoms with E-state index in [-0.39, 0.29) is 11.6 Å². The van der Waals surface area contributed by atoms with Gasteiger partial charge in [-0.3, -0.25) is 0 Å². The minimum absolute atomic E-state index is 0.184. The molecule has 0 aliphatic carbocycles. The third-order valence-electron chi connectivity index (χ3n) is 5.78. The molecular formula is C24H23FN6O. The number of nitrogen functional groups attached to an aromatic ring is 1. The molecule has 1 saturated heterocycles. The van der Waals surface area contributed by atoms with Crippen LogP contribution in [0.25, 0.3) is 10.8 Å². The minimum Gasteiger partial charge on any atom is -0.508 e. The lowest BCUT2D eigenvalue weighted by molar-refractivity contribution is 0.476. The van der Waals surface area contributed by atoms with E-state index in [9.17, 15) is 9.50 Å². The minimum atomic E-state index is -0.265. The van der Waals surface area contributed by atoms with E-state index >= 15 is 0 Å². The quantitative estimate of drug-likeness (QED) is 0.513. The van der Waals surface area contributed by atoms with Crippen molar-refractivity contribution in [2.75, 3.05) is 41.7 Å². The largest absolute Gasteiger partial charge is 0.508 e. The Labute approximate surface area is 184 Å². The van der Waals surface area contributed by atoms with E-state index in [1.807, 2.05) is 18.2 Å². The van der Waals surface area contributed by atoms with Gasteiger partial charge in [0.2, 0.25) is 0 Å². The van der Waals surface area contributed by atoms with E-state index in [4.69, 9.17) is 5.73 Å². The van der Waals surface area contributed by atoms with Crippen molar-refractivity contribution in [3.63, 3.8) is 0 Å². The Bertz CT molecular complexity index is 1240. The van der Waals surface area contributed by atoms with Gasteiger partial charge in [-0.25, -0.2) is 9.37 Å². The van der Waals surface area contributed by atoms with Gasteiger partial charge in [0.05, 0.1) is 17.6 Å². The summed E-state index contributed by atoms with van der Waals surface area (Å²) >= 11 is 0. The van der Waals surface area contributed by atoms with E-state index in [1.165, 1.54) is 12.1 Å². The fraction of sp³-hybridized carbons (Fsp3) is 0.208. The predicted octanol–water partition coefficient (Wildman–Crippen LogP) is 3.37. The highest BCUT2D eigenvalue weighted by Gasteiger charge is 2.22. The van der Waals surface area contributed by atoms with Crippen molar-refractivity contribution >= 4 is 28.1 Å². The van der Waals surface area contributed by atoms with Crippen LogP contribution < -0.4 is 15.5 Å². The second-order valence-electron chi connectivity index (χ2n) is 7.93. The summed E-state index contributed by atoms with van der Waals surface area (Å²) < 4.78 is 13.3. The van der Waals surface area contributed by atoms with E-state index in [0.29, 0.717) is 12.1 Å². The van der Waals surface area contributed by atoms with E-state index in [0.717, 1.165) is 59.8 Å². The molecule has 5 rings (SSSR count). The lowest BCUT2D eigenvalue weighted by atomic mass is 10.0. The molecule has 0 unspecified atom stereocenters. The van der Waals surface area contributed by atoms with Gasteiger partial charge in [-0.1, -0.05) is 12.1 Å². The Morgan fingerprint density at radius 2 is 1.62 bits per heavy atom. The zero-order valence-corrected chi connectivity index (χ0v) is 17.4. The number of hydrogen-bond acceptors (Lipinski definition) is 7. The van der Waals surface area contributed by atoms with Gasteiger partial charge in [0, 0.05) is 43.4 Å². The number of hydrogen-bond donors (Lipinski definition) is 2. The van der Waals surface area contributed by atoms with Gasteiger partial charge in [-0.15, -0.1) is 5.10 Å². The Morgan fingerprint density at radius 1 is 0.875 bits per heavy atom. The highest BCUT2D eigenvalue weighted by atomic mass is 19.1. The number of aromatic hydroxyl groups is 1. The molecule has 0 amide bonds. The van der Waals surface area contributed by atoms with Crippen molar-refractivity contribution in [3.8, 4) is 5.75 Å². The van der Waals surface area contributed by atoms with Gasteiger partial charge in [0.25, 0.3) is 0 Å². The highest BCUT2D eigenvalue weighted by Crippen LogP contribution is 2.31. The maximum absolute atomic E-state index is 13.3. The van der Waals surface area contributed by atoms with Gasteiger partial charge in [-0.2, -0.15) is 5.10 Å². The number of phenols is 1. The molecule has 7 nitrogen and oxygen atoms in total. The first-order chi connectivity index (χ1) is 15.6. The van der Waals surface area contributed by atoms with Gasteiger partial charge in [0.15, 0.2) is 5.82 Å². The number of anilines is 3. The zero-order chi connectivity index (χ0) is 22.1. The number of benzene rings is 2. The zero-order valence-electron chi connectivity index (χ0n) is 17.4. The summed E-state index contributed by atoms with van der Waals surface area (Å²) in [5.41, 5.74) is 8.14. The third kappa shape index (κ3) is 3.99. The van der Waals surface area contributed by atoms with Crippen molar-refractivity contribution in [1.29, 1.82) is 0 Å². The fourth-order valence-corrected chi connectivity index (χ4v) is 4.08. The normalized spacial score (nSPS) is 14.2. The highest BCUT2D eigenvalue weighted by molar-refractivity contribution is 5.94. The monoisotopic (exact) mass is 430 g/mol. The summed E-state index contributed by atoms with van der Waals surface area (Å²) in [5, 5.41) is 21.0. The summed E-state index contributed by atoms with van der Waals surface area (Å²) in [6.45, 7) is 3.08. The molecule has 0 radical (unpaired) electrons. The third-order valence-corrected chi connectivity index (χ3v) is 5.78. The maximum Gasteiger partial charge on any atom is 0.159 e. The molecule has 162 valence electrons. The first-order valence-corrected chi connectivity index (χ1v) is 10.5. The van der Waals surface area contributed by atoms with Crippen molar-refractivity contribution in [1.82, 2.24) is 15.2 Å². The summed E-state index contributed by atoms with van der Waals surface area (Å²) in [4.78, 5) is 8.82. The second kappa shape index (κ2) is 8.30. The number of fused-ring (bicyclic) bond motifs is 1. The van der Waals surface area contributed by atoms with Crippen LogP contribution in [0.5, 0.6) is 5.75 Å². The average molecular weight is 430 g/mol. The molecule has 2 aromatic carbocycles. The van der Waals surface area contributed by atoms with Crippen LogP contribution in [0, 0.1) is 5.82 Å². The molecular weight excluding hydrogens is 407 g/mol. The Balaban J connectivity index is 1.41. The van der Waals surface area contributed by atoms with Crippen LogP contribution >= 0.6 is 0 Å². The van der Waals surface area contributed by atoms with Gasteiger partial charge >= 0.3 is 0 Å². The van der Waals surface area contributed by atoms with Crippen molar-refractivity contribution in [2.24, 2.45) is 0 Å². The standard InChI is InChI=1S/C24H23FN6O/c25-17-3-1-16(2-4-17)13-22-20-7-6-19(32)14-21(20)24(29-28-22)31-11-9-30(10-12-31)23-8-5-18(26)15-27-23/h1-8,14-15,32H,9-13,26H2. The second-order valence-corrected chi connectivity index (χ2v) is 7.93. The molecule has 1 fully saturated rings. The van der Waals surface area contributed by atoms with E-state index < -0.39 is 0 Å². The van der Waals surface area contributed by atoms with Crippen LogP contribution in [-0.4, -0.2) is 46.5 Å². The molecule has 0 saturated carbocycles. The summed E-state index contributed by atoms with van der Waals surface area (Å²) in [7, 11) is 0. The molecule has 3 N–H and O–H groups in total. The van der Waals surface area contributed by atoms with Gasteiger partial charge in [0.1, 0.15) is 17.4 Å². The number of phenolic OH excluding ortho intramolecular Hbond substituents is 1. The van der Waals surface area contributed by atoms with Crippen LogP contribution in [0.1, 0.15) is 11.3 Å². The summed E-state index contributed by atoms with van der Waals surface area (Å²) in [6, 6.07) is 15.5. The molecule has 2 aromatic heterocycles. The number of pyridine rings is 1. The molecule has 32 heavy (non-hydrogen) atoms. The number of aromatic nitrogens is 3. The Morgan fingerprint density at radius 3 is 2.34 bits per heavy atom. The molecule has 0 atom stereocenters. The molecule has 3 heterocycles. The molecule has 1 aliphatic rings. The topological polar surface area (TPSA) is 91.4 Å². The fourth-order valence-electron chi connectivity index (χ4n) is 4.08. The number of rotatable bonds is 4. The number of nitrogens with zero attached hydrogens (tertiary/aromatic N) is 5. The van der Waals surface area contributed by atoms with Crippen molar-refractivity contribution < 1.29 is 9.50 Å². The molecule has 0 spiro atoms. The van der Waals surface area contributed by atoms with Crippen molar-refractivity contribution in [2.45, 2.75) is 6.42 Å². The van der Waals surface area contributed by atoms with Crippen LogP contribution in [0.3, 0.4) is 0 Å². The summed E-state index contributed by atoms with van der Waals surface area (Å²) in [5.74, 6) is 1.58. The number of halogens is 1. The number of nitrogens with two attached hydrogens (primary N) is 1. The van der Waals surface area contributed by atoms with Gasteiger partial charge in [-0.05, 0) is 48.0 Å². The van der Waals surface area contributed by atoms with Crippen LogP contribution in [-0.2, 0) is 6.42 Å². The lowest BCUT2D eigenvalue weighted by Crippen LogP contribution is -2.47. The number of piperazine rings is 1. The summed E-state index contributed by atoms with van der Waals surface area (Å²) in [6.07, 6.45) is 2.20. The SMILES string of the molecule is Nc1ccc(N2CCN(c3nnc(Cc4ccc(F)cc4)c4ccc(O)cc34)CC2)nc1. The molecule has 1 aliphatic heterocycles.